The molecule has 0 fully saturated rings. The second kappa shape index (κ2) is 6.07. The molecule has 0 spiro atoms. The van der Waals surface area contributed by atoms with E-state index in [9.17, 15) is 4.39 Å². The maximum absolute atomic E-state index is 13.5. The number of thioether (sulfide) groups is 1. The van der Waals surface area contributed by atoms with Gasteiger partial charge in [0.1, 0.15) is 5.82 Å². The Morgan fingerprint density at radius 3 is 3.05 bits per heavy atom. The molecule has 4 heteroatoms. The number of halogens is 1. The Balaban J connectivity index is 1.50. The minimum atomic E-state index is -0.105. The normalized spacial score (nSPS) is 15.4. The molecule has 0 N–H and O–H groups in total. The maximum Gasteiger partial charge on any atom is 0.136 e. The van der Waals surface area contributed by atoms with Crippen LogP contribution in [0.15, 0.2) is 40.6 Å². The SMILES string of the molecule is Fc1ccccc1SCCN1CCc2sccc2C1. The molecule has 1 aromatic carbocycles. The zero-order chi connectivity index (χ0) is 13.1. The first kappa shape index (κ1) is 13.2. The van der Waals surface area contributed by atoms with Gasteiger partial charge in [0.2, 0.25) is 0 Å². The van der Waals surface area contributed by atoms with Crippen molar-refractivity contribution < 1.29 is 4.39 Å². The number of rotatable bonds is 4. The highest BCUT2D eigenvalue weighted by Crippen LogP contribution is 2.25. The second-order valence-electron chi connectivity index (χ2n) is 4.67. The van der Waals surface area contributed by atoms with E-state index in [1.807, 2.05) is 23.5 Å². The number of benzene rings is 1. The van der Waals surface area contributed by atoms with Crippen LogP contribution >= 0.6 is 23.1 Å². The summed E-state index contributed by atoms with van der Waals surface area (Å²) in [5.41, 5.74) is 1.48. The zero-order valence-corrected chi connectivity index (χ0v) is 12.3. The fourth-order valence-electron chi connectivity index (χ4n) is 2.34. The molecule has 1 aliphatic rings. The van der Waals surface area contributed by atoms with Crippen LogP contribution < -0.4 is 0 Å². The second-order valence-corrected chi connectivity index (χ2v) is 6.81. The van der Waals surface area contributed by atoms with Crippen molar-refractivity contribution in [2.75, 3.05) is 18.8 Å². The van der Waals surface area contributed by atoms with Crippen LogP contribution in [-0.2, 0) is 13.0 Å². The summed E-state index contributed by atoms with van der Waals surface area (Å²) < 4.78 is 13.5. The number of hydrogen-bond donors (Lipinski definition) is 0. The van der Waals surface area contributed by atoms with Gasteiger partial charge in [-0.2, -0.15) is 0 Å². The third-order valence-corrected chi connectivity index (χ3v) is 5.44. The van der Waals surface area contributed by atoms with Crippen molar-refractivity contribution >= 4 is 23.1 Å². The van der Waals surface area contributed by atoms with Crippen LogP contribution in [0.4, 0.5) is 4.39 Å². The summed E-state index contributed by atoms with van der Waals surface area (Å²) in [6.07, 6.45) is 1.16. The molecule has 2 heterocycles. The molecule has 0 amide bonds. The van der Waals surface area contributed by atoms with Crippen molar-refractivity contribution in [3.8, 4) is 0 Å². The summed E-state index contributed by atoms with van der Waals surface area (Å²) in [5.74, 6) is 0.840. The number of thiophene rings is 1. The average molecular weight is 293 g/mol. The first-order valence-corrected chi connectivity index (χ1v) is 8.34. The Bertz CT molecular complexity index is 553. The molecule has 100 valence electrons. The highest BCUT2D eigenvalue weighted by Gasteiger charge is 2.16. The monoisotopic (exact) mass is 293 g/mol. The van der Waals surface area contributed by atoms with E-state index in [2.05, 4.69) is 16.3 Å². The van der Waals surface area contributed by atoms with E-state index in [1.54, 1.807) is 17.8 Å². The maximum atomic E-state index is 13.5. The van der Waals surface area contributed by atoms with Crippen LogP contribution in [0, 0.1) is 5.82 Å². The molecule has 0 unspecified atom stereocenters. The van der Waals surface area contributed by atoms with E-state index in [1.165, 1.54) is 16.5 Å². The molecule has 0 atom stereocenters. The highest BCUT2D eigenvalue weighted by molar-refractivity contribution is 7.99. The van der Waals surface area contributed by atoms with Crippen molar-refractivity contribution in [2.24, 2.45) is 0 Å². The summed E-state index contributed by atoms with van der Waals surface area (Å²) in [6, 6.07) is 9.25. The van der Waals surface area contributed by atoms with Crippen molar-refractivity contribution in [3.05, 3.63) is 52.0 Å². The quantitative estimate of drug-likeness (QED) is 0.783. The molecular formula is C15H16FNS2. The van der Waals surface area contributed by atoms with Crippen molar-refractivity contribution in [2.45, 2.75) is 17.9 Å². The molecular weight excluding hydrogens is 277 g/mol. The Labute approximate surface area is 121 Å². The van der Waals surface area contributed by atoms with Crippen molar-refractivity contribution in [1.29, 1.82) is 0 Å². The first-order valence-electron chi connectivity index (χ1n) is 6.48. The van der Waals surface area contributed by atoms with Crippen LogP contribution in [0.5, 0.6) is 0 Å². The molecule has 2 aromatic rings. The van der Waals surface area contributed by atoms with Gasteiger partial charge in [-0.25, -0.2) is 4.39 Å². The van der Waals surface area contributed by atoms with Gasteiger partial charge >= 0.3 is 0 Å². The smallest absolute Gasteiger partial charge is 0.136 e. The van der Waals surface area contributed by atoms with Gasteiger partial charge in [0.25, 0.3) is 0 Å². The molecule has 19 heavy (non-hydrogen) atoms. The average Bonchev–Trinajstić information content (AvgIpc) is 2.88. The summed E-state index contributed by atoms with van der Waals surface area (Å²) in [6.45, 7) is 3.20. The summed E-state index contributed by atoms with van der Waals surface area (Å²) in [5, 5.41) is 2.18. The highest BCUT2D eigenvalue weighted by atomic mass is 32.2. The molecule has 0 bridgehead atoms. The number of hydrogen-bond acceptors (Lipinski definition) is 3. The van der Waals surface area contributed by atoms with E-state index in [4.69, 9.17) is 0 Å². The van der Waals surface area contributed by atoms with Gasteiger partial charge in [-0.1, -0.05) is 12.1 Å². The molecule has 1 aromatic heterocycles. The van der Waals surface area contributed by atoms with Gasteiger partial charge in [-0.3, -0.25) is 4.90 Å². The third kappa shape index (κ3) is 3.19. The van der Waals surface area contributed by atoms with E-state index < -0.39 is 0 Å². The lowest BCUT2D eigenvalue weighted by atomic mass is 10.1. The van der Waals surface area contributed by atoms with Crippen LogP contribution in [0.3, 0.4) is 0 Å². The van der Waals surface area contributed by atoms with Gasteiger partial charge in [-0.05, 0) is 35.6 Å². The molecule has 0 saturated heterocycles. The van der Waals surface area contributed by atoms with Crippen LogP contribution in [0.25, 0.3) is 0 Å². The molecule has 3 rings (SSSR count). The Kier molecular flexibility index (Phi) is 4.21. The van der Waals surface area contributed by atoms with E-state index >= 15 is 0 Å². The minimum Gasteiger partial charge on any atom is -0.298 e. The summed E-state index contributed by atoms with van der Waals surface area (Å²) in [7, 11) is 0. The van der Waals surface area contributed by atoms with Crippen LogP contribution in [0.2, 0.25) is 0 Å². The molecule has 0 saturated carbocycles. The predicted molar refractivity (Wildman–Crippen MR) is 80.4 cm³/mol. The number of nitrogens with zero attached hydrogens (tertiary/aromatic N) is 1. The summed E-state index contributed by atoms with van der Waals surface area (Å²) >= 11 is 3.48. The topological polar surface area (TPSA) is 3.24 Å². The predicted octanol–water partition coefficient (Wildman–Crippen LogP) is 4.04. The zero-order valence-electron chi connectivity index (χ0n) is 10.6. The van der Waals surface area contributed by atoms with Crippen LogP contribution in [-0.4, -0.2) is 23.7 Å². The fraction of sp³-hybridized carbons (Fsp3) is 0.333. The molecule has 1 nitrogen and oxygen atoms in total. The van der Waals surface area contributed by atoms with Crippen molar-refractivity contribution in [1.82, 2.24) is 4.90 Å². The minimum absolute atomic E-state index is 0.105. The fourth-order valence-corrected chi connectivity index (χ4v) is 4.18. The third-order valence-electron chi connectivity index (χ3n) is 3.39. The molecule has 0 radical (unpaired) electrons. The van der Waals surface area contributed by atoms with E-state index in [0.29, 0.717) is 0 Å². The van der Waals surface area contributed by atoms with E-state index in [0.717, 1.165) is 36.7 Å². The van der Waals surface area contributed by atoms with Crippen LogP contribution in [0.1, 0.15) is 10.4 Å². The van der Waals surface area contributed by atoms with Gasteiger partial charge < -0.3 is 0 Å². The largest absolute Gasteiger partial charge is 0.298 e. The van der Waals surface area contributed by atoms with Gasteiger partial charge in [0.05, 0.1) is 0 Å². The van der Waals surface area contributed by atoms with Crippen molar-refractivity contribution in [3.63, 3.8) is 0 Å². The van der Waals surface area contributed by atoms with Gasteiger partial charge in [0, 0.05) is 35.2 Å². The Hall–Kier alpha value is -0.840. The lowest BCUT2D eigenvalue weighted by Gasteiger charge is -2.26. The lowest BCUT2D eigenvalue weighted by Crippen LogP contribution is -2.31. The van der Waals surface area contributed by atoms with E-state index in [-0.39, 0.29) is 5.82 Å². The standard InChI is InChI=1S/C15H16FNS2/c16-13-3-1-2-4-15(13)19-10-8-17-7-5-14-12(11-17)6-9-18-14/h1-4,6,9H,5,7-8,10-11H2. The Morgan fingerprint density at radius 2 is 2.16 bits per heavy atom. The molecule has 0 aliphatic carbocycles. The number of fused-ring (bicyclic) bond motifs is 1. The Morgan fingerprint density at radius 1 is 1.26 bits per heavy atom. The van der Waals surface area contributed by atoms with Gasteiger partial charge in [0.15, 0.2) is 0 Å². The molecule has 1 aliphatic heterocycles. The van der Waals surface area contributed by atoms with Gasteiger partial charge in [-0.15, -0.1) is 23.1 Å². The lowest BCUT2D eigenvalue weighted by molar-refractivity contribution is 0.272. The first-order chi connectivity index (χ1) is 9.33. The summed E-state index contributed by atoms with van der Waals surface area (Å²) in [4.78, 5) is 4.76.